The first-order chi connectivity index (χ1) is 14.0. The van der Waals surface area contributed by atoms with Crippen LogP contribution in [-0.2, 0) is 15.1 Å². The van der Waals surface area contributed by atoms with Crippen LogP contribution in [0.1, 0.15) is 37.0 Å². The second-order valence-electron chi connectivity index (χ2n) is 7.23. The second-order valence-corrected chi connectivity index (χ2v) is 7.63. The van der Waals surface area contributed by atoms with Crippen molar-refractivity contribution in [1.82, 2.24) is 0 Å². The standard InChI is InChI=1S/C25H26ClNO2/c1-3-18(2)23(27)24(28)29-25(19-12-6-4-7-13-19,20-14-8-5-9-15-20)21-16-10-11-17-22(21)26/h4-18,23H,3,27H2,1-2H3/t18-,23-/m1/s1. The van der Waals surface area contributed by atoms with Crippen molar-refractivity contribution in [3.8, 4) is 0 Å². The lowest BCUT2D eigenvalue weighted by Crippen LogP contribution is -2.44. The quantitative estimate of drug-likeness (QED) is 0.412. The average Bonchev–Trinajstić information content (AvgIpc) is 2.78. The van der Waals surface area contributed by atoms with Gasteiger partial charge in [-0.1, -0.05) is 111 Å². The molecule has 0 amide bonds. The van der Waals surface area contributed by atoms with Gasteiger partial charge < -0.3 is 10.5 Å². The van der Waals surface area contributed by atoms with E-state index in [0.29, 0.717) is 10.6 Å². The first kappa shape index (κ1) is 21.1. The van der Waals surface area contributed by atoms with Gasteiger partial charge in [-0.2, -0.15) is 0 Å². The Morgan fingerprint density at radius 1 is 0.931 bits per heavy atom. The van der Waals surface area contributed by atoms with Crippen LogP contribution in [0, 0.1) is 5.92 Å². The van der Waals surface area contributed by atoms with E-state index in [1.807, 2.05) is 92.7 Å². The van der Waals surface area contributed by atoms with E-state index in [2.05, 4.69) is 0 Å². The summed E-state index contributed by atoms with van der Waals surface area (Å²) in [7, 11) is 0. The number of hydrogen-bond donors (Lipinski definition) is 1. The molecule has 0 heterocycles. The number of esters is 1. The Hall–Kier alpha value is -2.62. The Morgan fingerprint density at radius 2 is 1.41 bits per heavy atom. The van der Waals surface area contributed by atoms with Crippen LogP contribution >= 0.6 is 11.6 Å². The fourth-order valence-corrected chi connectivity index (χ4v) is 3.72. The zero-order chi connectivity index (χ0) is 20.9. The Labute approximate surface area is 177 Å². The molecule has 0 saturated heterocycles. The van der Waals surface area contributed by atoms with Crippen molar-refractivity contribution in [3.05, 3.63) is 107 Å². The van der Waals surface area contributed by atoms with Crippen LogP contribution in [0.4, 0.5) is 0 Å². The predicted octanol–water partition coefficient (Wildman–Crippen LogP) is 5.55. The first-order valence-electron chi connectivity index (χ1n) is 9.85. The van der Waals surface area contributed by atoms with Gasteiger partial charge in [0.05, 0.1) is 0 Å². The largest absolute Gasteiger partial charge is 0.443 e. The van der Waals surface area contributed by atoms with E-state index in [1.165, 1.54) is 0 Å². The van der Waals surface area contributed by atoms with Gasteiger partial charge in [-0.15, -0.1) is 0 Å². The molecule has 0 aliphatic rings. The minimum Gasteiger partial charge on any atom is -0.443 e. The predicted molar refractivity (Wildman–Crippen MR) is 118 cm³/mol. The summed E-state index contributed by atoms with van der Waals surface area (Å²) in [5, 5.41) is 0.519. The molecule has 3 nitrogen and oxygen atoms in total. The molecule has 0 fully saturated rings. The van der Waals surface area contributed by atoms with Crippen molar-refractivity contribution < 1.29 is 9.53 Å². The number of hydrogen-bond acceptors (Lipinski definition) is 3. The maximum atomic E-state index is 13.2. The maximum absolute atomic E-state index is 13.2. The monoisotopic (exact) mass is 407 g/mol. The van der Waals surface area contributed by atoms with Crippen molar-refractivity contribution in [1.29, 1.82) is 0 Å². The molecule has 29 heavy (non-hydrogen) atoms. The molecule has 2 atom stereocenters. The van der Waals surface area contributed by atoms with Crippen LogP contribution in [0.25, 0.3) is 0 Å². The molecule has 0 spiro atoms. The molecular formula is C25H26ClNO2. The van der Waals surface area contributed by atoms with Crippen LogP contribution in [0.2, 0.25) is 5.02 Å². The van der Waals surface area contributed by atoms with Crippen molar-refractivity contribution in [3.63, 3.8) is 0 Å². The molecular weight excluding hydrogens is 382 g/mol. The van der Waals surface area contributed by atoms with Gasteiger partial charge in [0.1, 0.15) is 6.04 Å². The SMILES string of the molecule is CC[C@@H](C)[C@@H](N)C(=O)OC(c1ccccc1)(c1ccccc1)c1ccccc1Cl. The summed E-state index contributed by atoms with van der Waals surface area (Å²) in [5.74, 6) is -0.454. The summed E-state index contributed by atoms with van der Waals surface area (Å²) >= 11 is 6.64. The van der Waals surface area contributed by atoms with Crippen molar-refractivity contribution in [2.24, 2.45) is 11.7 Å². The summed E-state index contributed by atoms with van der Waals surface area (Å²) in [6.45, 7) is 3.96. The van der Waals surface area contributed by atoms with Gasteiger partial charge in [0, 0.05) is 21.7 Å². The molecule has 3 aromatic rings. The maximum Gasteiger partial charge on any atom is 0.324 e. The van der Waals surface area contributed by atoms with Gasteiger partial charge in [-0.05, 0) is 12.0 Å². The summed E-state index contributed by atoms with van der Waals surface area (Å²) in [4.78, 5) is 13.2. The van der Waals surface area contributed by atoms with Crippen LogP contribution in [-0.4, -0.2) is 12.0 Å². The molecule has 0 unspecified atom stereocenters. The Morgan fingerprint density at radius 3 is 1.90 bits per heavy atom. The van der Waals surface area contributed by atoms with Gasteiger partial charge in [-0.25, -0.2) is 0 Å². The third-order valence-corrected chi connectivity index (χ3v) is 5.73. The minimum absolute atomic E-state index is 0.00186. The molecule has 0 aliphatic carbocycles. The normalized spacial score (nSPS) is 13.5. The number of ether oxygens (including phenoxy) is 1. The fraction of sp³-hybridized carbons (Fsp3) is 0.240. The van der Waals surface area contributed by atoms with Gasteiger partial charge in [0.2, 0.25) is 0 Å². The highest BCUT2D eigenvalue weighted by atomic mass is 35.5. The zero-order valence-electron chi connectivity index (χ0n) is 16.7. The first-order valence-corrected chi connectivity index (χ1v) is 10.2. The highest BCUT2D eigenvalue weighted by Crippen LogP contribution is 2.43. The van der Waals surface area contributed by atoms with Crippen LogP contribution in [0.5, 0.6) is 0 Å². The van der Waals surface area contributed by atoms with E-state index in [9.17, 15) is 4.79 Å². The topological polar surface area (TPSA) is 52.3 Å². The number of carbonyl (C=O) groups excluding carboxylic acids is 1. The van der Waals surface area contributed by atoms with Gasteiger partial charge in [0.25, 0.3) is 0 Å². The molecule has 150 valence electrons. The lowest BCUT2D eigenvalue weighted by atomic mass is 9.80. The fourth-order valence-electron chi connectivity index (χ4n) is 3.45. The number of benzene rings is 3. The average molecular weight is 408 g/mol. The van der Waals surface area contributed by atoms with E-state index in [4.69, 9.17) is 22.1 Å². The van der Waals surface area contributed by atoms with Gasteiger partial charge >= 0.3 is 5.97 Å². The highest BCUT2D eigenvalue weighted by molar-refractivity contribution is 6.31. The summed E-state index contributed by atoms with van der Waals surface area (Å²) in [5.41, 5.74) is 7.35. The van der Waals surface area contributed by atoms with E-state index in [0.717, 1.165) is 17.5 Å². The van der Waals surface area contributed by atoms with Gasteiger partial charge in [-0.3, -0.25) is 4.79 Å². The van der Waals surface area contributed by atoms with Crippen molar-refractivity contribution in [2.75, 3.05) is 0 Å². The third-order valence-electron chi connectivity index (χ3n) is 5.40. The third kappa shape index (κ3) is 4.21. The number of rotatable bonds is 7. The van der Waals surface area contributed by atoms with E-state index in [-0.39, 0.29) is 5.92 Å². The molecule has 0 radical (unpaired) electrons. The molecule has 0 bridgehead atoms. The van der Waals surface area contributed by atoms with Crippen LogP contribution < -0.4 is 5.73 Å². The molecule has 0 aromatic heterocycles. The zero-order valence-corrected chi connectivity index (χ0v) is 17.5. The molecule has 2 N–H and O–H groups in total. The highest BCUT2D eigenvalue weighted by Gasteiger charge is 2.43. The number of halogens is 1. The smallest absolute Gasteiger partial charge is 0.324 e. The van der Waals surface area contributed by atoms with E-state index < -0.39 is 17.6 Å². The molecule has 3 rings (SSSR count). The Kier molecular flexibility index (Phi) is 6.73. The van der Waals surface area contributed by atoms with Crippen molar-refractivity contribution >= 4 is 17.6 Å². The Balaban J connectivity index is 2.27. The summed E-state index contributed by atoms with van der Waals surface area (Å²) < 4.78 is 6.31. The van der Waals surface area contributed by atoms with Crippen molar-refractivity contribution in [2.45, 2.75) is 31.9 Å². The van der Waals surface area contributed by atoms with Crippen LogP contribution in [0.15, 0.2) is 84.9 Å². The summed E-state index contributed by atoms with van der Waals surface area (Å²) in [6, 6.07) is 26.0. The minimum atomic E-state index is -1.21. The number of nitrogens with two attached hydrogens (primary N) is 1. The molecule has 0 aliphatic heterocycles. The Bertz CT molecular complexity index is 904. The molecule has 0 saturated carbocycles. The molecule has 3 aromatic carbocycles. The van der Waals surface area contributed by atoms with E-state index >= 15 is 0 Å². The molecule has 4 heteroatoms. The number of carbonyl (C=O) groups is 1. The van der Waals surface area contributed by atoms with Crippen LogP contribution in [0.3, 0.4) is 0 Å². The van der Waals surface area contributed by atoms with E-state index in [1.54, 1.807) is 6.07 Å². The lowest BCUT2D eigenvalue weighted by Gasteiger charge is -2.37. The summed E-state index contributed by atoms with van der Waals surface area (Å²) in [6.07, 6.45) is 0.784. The van der Waals surface area contributed by atoms with Gasteiger partial charge in [0.15, 0.2) is 5.60 Å². The lowest BCUT2D eigenvalue weighted by molar-refractivity contribution is -0.156. The second kappa shape index (κ2) is 9.25.